The van der Waals surface area contributed by atoms with Crippen LogP contribution in [0.1, 0.15) is 11.1 Å². The number of aryl methyl sites for hydroxylation is 2. The van der Waals surface area contributed by atoms with Crippen LogP contribution in [0, 0.1) is 13.8 Å². The number of benzene rings is 2. The summed E-state index contributed by atoms with van der Waals surface area (Å²) >= 11 is 12.2. The van der Waals surface area contributed by atoms with Gasteiger partial charge >= 0.3 is 0 Å². The Kier molecular flexibility index (Phi) is 3.00. The van der Waals surface area contributed by atoms with Crippen molar-refractivity contribution in [2.24, 2.45) is 0 Å². The lowest BCUT2D eigenvalue weighted by molar-refractivity contribution is 0.619. The third kappa shape index (κ3) is 2.22. The minimum absolute atomic E-state index is 0.493. The average Bonchev–Trinajstić information content (AvgIpc) is 2.75. The molecule has 0 aliphatic heterocycles. The number of hydrogen-bond donors (Lipinski definition) is 0. The molecule has 0 radical (unpaired) electrons. The number of oxazole rings is 1. The number of aromatic nitrogens is 1. The minimum atomic E-state index is 0.493. The smallest absolute Gasteiger partial charge is 0.228 e. The van der Waals surface area contributed by atoms with Crippen LogP contribution in [0.5, 0.6) is 0 Å². The normalized spacial score (nSPS) is 11.2. The summed E-state index contributed by atoms with van der Waals surface area (Å²) in [5, 5.41) is 1.18. The van der Waals surface area contributed by atoms with Crippen molar-refractivity contribution in [3.05, 3.63) is 51.5 Å². The maximum absolute atomic E-state index is 6.16. The zero-order valence-corrected chi connectivity index (χ0v) is 12.0. The molecule has 1 aromatic heterocycles. The van der Waals surface area contributed by atoms with E-state index in [9.17, 15) is 0 Å². The maximum Gasteiger partial charge on any atom is 0.228 e. The van der Waals surface area contributed by atoms with Gasteiger partial charge in [0.15, 0.2) is 5.58 Å². The minimum Gasteiger partial charge on any atom is -0.436 e. The van der Waals surface area contributed by atoms with Crippen LogP contribution in [0.15, 0.2) is 34.7 Å². The van der Waals surface area contributed by atoms with E-state index in [1.807, 2.05) is 19.1 Å². The van der Waals surface area contributed by atoms with E-state index in [-0.39, 0.29) is 0 Å². The summed E-state index contributed by atoms with van der Waals surface area (Å²) in [6, 6.07) is 9.24. The summed E-state index contributed by atoms with van der Waals surface area (Å²) in [6.07, 6.45) is 0. The summed E-state index contributed by atoms with van der Waals surface area (Å²) in [5.41, 5.74) is 4.65. The van der Waals surface area contributed by atoms with Crippen LogP contribution >= 0.6 is 23.2 Å². The first-order valence-electron chi connectivity index (χ1n) is 5.88. The first-order chi connectivity index (χ1) is 9.04. The van der Waals surface area contributed by atoms with Crippen LogP contribution in [-0.4, -0.2) is 4.98 Å². The van der Waals surface area contributed by atoms with Crippen LogP contribution < -0.4 is 0 Å². The maximum atomic E-state index is 6.16. The molecule has 3 rings (SSSR count). The van der Waals surface area contributed by atoms with Gasteiger partial charge in [-0.05, 0) is 55.3 Å². The molecule has 0 aliphatic carbocycles. The summed E-state index contributed by atoms with van der Waals surface area (Å²) < 4.78 is 5.77. The summed E-state index contributed by atoms with van der Waals surface area (Å²) in [6.45, 7) is 4.10. The lowest BCUT2D eigenvalue weighted by Gasteiger charge is -1.99. The zero-order chi connectivity index (χ0) is 13.6. The molecule has 96 valence electrons. The van der Waals surface area contributed by atoms with Gasteiger partial charge in [0.25, 0.3) is 0 Å². The lowest BCUT2D eigenvalue weighted by atomic mass is 10.1. The van der Waals surface area contributed by atoms with E-state index in [0.29, 0.717) is 21.5 Å². The van der Waals surface area contributed by atoms with Crippen molar-refractivity contribution >= 4 is 34.3 Å². The van der Waals surface area contributed by atoms with Crippen molar-refractivity contribution in [1.82, 2.24) is 4.98 Å². The Hall–Kier alpha value is -1.51. The van der Waals surface area contributed by atoms with E-state index in [4.69, 9.17) is 27.6 Å². The fourth-order valence-electron chi connectivity index (χ4n) is 1.96. The molecule has 3 aromatic rings. The van der Waals surface area contributed by atoms with Gasteiger partial charge in [-0.25, -0.2) is 4.98 Å². The molecule has 0 bridgehead atoms. The highest BCUT2D eigenvalue weighted by Crippen LogP contribution is 2.32. The Bertz CT molecular complexity index is 738. The van der Waals surface area contributed by atoms with Crippen molar-refractivity contribution in [3.8, 4) is 11.5 Å². The SMILES string of the molecule is Cc1cc2nc(-c3cc(Cl)ccc3Cl)oc2cc1C. The molecule has 0 saturated carbocycles. The van der Waals surface area contributed by atoms with Gasteiger partial charge in [0, 0.05) is 5.02 Å². The Morgan fingerprint density at radius 3 is 2.53 bits per heavy atom. The van der Waals surface area contributed by atoms with Gasteiger partial charge < -0.3 is 4.42 Å². The highest BCUT2D eigenvalue weighted by molar-refractivity contribution is 6.35. The van der Waals surface area contributed by atoms with Gasteiger partial charge in [0.05, 0.1) is 10.6 Å². The van der Waals surface area contributed by atoms with E-state index in [1.54, 1.807) is 18.2 Å². The largest absolute Gasteiger partial charge is 0.436 e. The molecule has 0 saturated heterocycles. The van der Waals surface area contributed by atoms with Crippen molar-refractivity contribution in [1.29, 1.82) is 0 Å². The first kappa shape index (κ1) is 12.5. The second kappa shape index (κ2) is 4.55. The molecule has 4 heteroatoms. The van der Waals surface area contributed by atoms with Crippen molar-refractivity contribution in [3.63, 3.8) is 0 Å². The number of fused-ring (bicyclic) bond motifs is 1. The molecule has 0 atom stereocenters. The quantitative estimate of drug-likeness (QED) is 0.598. The molecule has 0 fully saturated rings. The first-order valence-corrected chi connectivity index (χ1v) is 6.63. The highest BCUT2D eigenvalue weighted by atomic mass is 35.5. The Labute approximate surface area is 121 Å². The molecule has 0 spiro atoms. The molecule has 0 aliphatic rings. The molecule has 2 nitrogen and oxygen atoms in total. The third-order valence-electron chi connectivity index (χ3n) is 3.16. The molecule has 0 unspecified atom stereocenters. The Morgan fingerprint density at radius 2 is 1.74 bits per heavy atom. The van der Waals surface area contributed by atoms with Crippen LogP contribution in [0.2, 0.25) is 10.0 Å². The van der Waals surface area contributed by atoms with Gasteiger partial charge in [0.1, 0.15) is 5.52 Å². The van der Waals surface area contributed by atoms with Crippen molar-refractivity contribution in [2.45, 2.75) is 13.8 Å². The highest BCUT2D eigenvalue weighted by Gasteiger charge is 2.13. The van der Waals surface area contributed by atoms with Crippen LogP contribution in [0.3, 0.4) is 0 Å². The summed E-state index contributed by atoms with van der Waals surface area (Å²) in [5.74, 6) is 0.493. The lowest BCUT2D eigenvalue weighted by Crippen LogP contribution is -1.80. The van der Waals surface area contributed by atoms with Gasteiger partial charge in [-0.3, -0.25) is 0 Å². The molecule has 19 heavy (non-hydrogen) atoms. The van der Waals surface area contributed by atoms with Crippen LogP contribution in [0.4, 0.5) is 0 Å². The number of nitrogens with zero attached hydrogens (tertiary/aromatic N) is 1. The molecule has 2 aromatic carbocycles. The summed E-state index contributed by atoms with van der Waals surface area (Å²) in [4.78, 5) is 4.48. The monoisotopic (exact) mass is 291 g/mol. The van der Waals surface area contributed by atoms with E-state index in [0.717, 1.165) is 11.1 Å². The molecule has 0 amide bonds. The van der Waals surface area contributed by atoms with Gasteiger partial charge in [-0.15, -0.1) is 0 Å². The Balaban J connectivity index is 2.23. The predicted molar refractivity (Wildman–Crippen MR) is 78.9 cm³/mol. The molecule has 1 heterocycles. The van der Waals surface area contributed by atoms with Gasteiger partial charge in [-0.2, -0.15) is 0 Å². The van der Waals surface area contributed by atoms with E-state index in [1.165, 1.54) is 11.1 Å². The Morgan fingerprint density at radius 1 is 1.00 bits per heavy atom. The van der Waals surface area contributed by atoms with E-state index >= 15 is 0 Å². The molecular formula is C15H11Cl2NO. The fourth-order valence-corrected chi connectivity index (χ4v) is 2.33. The second-order valence-corrected chi connectivity index (χ2v) is 5.39. The summed E-state index contributed by atoms with van der Waals surface area (Å²) in [7, 11) is 0. The van der Waals surface area contributed by atoms with Crippen LogP contribution in [0.25, 0.3) is 22.6 Å². The van der Waals surface area contributed by atoms with Gasteiger partial charge in [0.2, 0.25) is 5.89 Å². The van der Waals surface area contributed by atoms with Crippen molar-refractivity contribution < 1.29 is 4.42 Å². The standard InChI is InChI=1S/C15H11Cl2NO/c1-8-5-13-14(6-9(8)2)19-15(18-13)11-7-10(16)3-4-12(11)17/h3-7H,1-2H3. The number of halogens is 2. The van der Waals surface area contributed by atoms with Crippen LogP contribution in [-0.2, 0) is 0 Å². The average molecular weight is 292 g/mol. The number of rotatable bonds is 1. The second-order valence-electron chi connectivity index (χ2n) is 4.55. The molecule has 0 N–H and O–H groups in total. The number of hydrogen-bond acceptors (Lipinski definition) is 2. The fraction of sp³-hybridized carbons (Fsp3) is 0.133. The third-order valence-corrected chi connectivity index (χ3v) is 3.73. The van der Waals surface area contributed by atoms with Crippen molar-refractivity contribution in [2.75, 3.05) is 0 Å². The van der Waals surface area contributed by atoms with Gasteiger partial charge in [-0.1, -0.05) is 23.2 Å². The topological polar surface area (TPSA) is 26.0 Å². The van der Waals surface area contributed by atoms with E-state index in [2.05, 4.69) is 11.9 Å². The molecular weight excluding hydrogens is 281 g/mol. The zero-order valence-electron chi connectivity index (χ0n) is 10.5. The van der Waals surface area contributed by atoms with E-state index < -0.39 is 0 Å². The predicted octanol–water partition coefficient (Wildman–Crippen LogP) is 5.42.